The van der Waals surface area contributed by atoms with Crippen LogP contribution in [-0.4, -0.2) is 31.7 Å². The maximum atomic E-state index is 12.7. The Morgan fingerprint density at radius 1 is 0.926 bits per heavy atom. The summed E-state index contributed by atoms with van der Waals surface area (Å²) in [6.45, 7) is 3.69. The molecule has 5 nitrogen and oxygen atoms in total. The Bertz CT molecular complexity index is 869. The summed E-state index contributed by atoms with van der Waals surface area (Å²) in [6.07, 6.45) is 3.15. The van der Waals surface area contributed by atoms with Gasteiger partial charge in [-0.15, -0.1) is 0 Å². The highest BCUT2D eigenvalue weighted by molar-refractivity contribution is 7.89. The second-order valence-electron chi connectivity index (χ2n) is 7.05. The molecule has 1 N–H and O–H groups in total. The molecule has 0 bridgehead atoms. The van der Waals surface area contributed by atoms with E-state index < -0.39 is 10.0 Å². The van der Waals surface area contributed by atoms with Crippen molar-refractivity contribution in [1.29, 1.82) is 0 Å². The van der Waals surface area contributed by atoms with Gasteiger partial charge in [-0.2, -0.15) is 4.31 Å². The Morgan fingerprint density at radius 3 is 2.15 bits per heavy atom. The number of rotatable bonds is 6. The number of nitrogens with one attached hydrogen (secondary N) is 1. The first-order valence-corrected chi connectivity index (χ1v) is 10.8. The lowest BCUT2D eigenvalue weighted by molar-refractivity contribution is -0.120. The van der Waals surface area contributed by atoms with Crippen LogP contribution in [0.15, 0.2) is 53.4 Å². The molecule has 0 unspecified atom stereocenters. The van der Waals surface area contributed by atoms with Gasteiger partial charge >= 0.3 is 0 Å². The minimum atomic E-state index is -3.42. The van der Waals surface area contributed by atoms with Gasteiger partial charge in [-0.05, 0) is 43.0 Å². The zero-order chi connectivity index (χ0) is 19.3. The van der Waals surface area contributed by atoms with Gasteiger partial charge in [0.2, 0.25) is 15.9 Å². The van der Waals surface area contributed by atoms with E-state index in [2.05, 4.69) is 5.32 Å². The number of benzene rings is 2. The Labute approximate surface area is 161 Å². The highest BCUT2D eigenvalue weighted by Gasteiger charge is 2.25. The minimum Gasteiger partial charge on any atom is -0.352 e. The van der Waals surface area contributed by atoms with E-state index in [1.807, 2.05) is 31.2 Å². The lowest BCUT2D eigenvalue weighted by Gasteiger charge is -2.25. The number of amides is 1. The molecule has 0 aliphatic carbocycles. The number of aryl methyl sites for hydroxylation is 1. The first-order valence-electron chi connectivity index (χ1n) is 9.36. The first-order chi connectivity index (χ1) is 12.9. The number of piperidine rings is 1. The van der Waals surface area contributed by atoms with Crippen molar-refractivity contribution in [2.45, 2.75) is 44.0 Å². The lowest BCUT2D eigenvalue weighted by atomic mass is 10.1. The normalized spacial score (nSPS) is 15.4. The minimum absolute atomic E-state index is 0.0813. The molecule has 6 heteroatoms. The molecular weight excluding hydrogens is 360 g/mol. The second kappa shape index (κ2) is 8.67. The molecule has 1 aliphatic rings. The van der Waals surface area contributed by atoms with Crippen LogP contribution in [0.2, 0.25) is 0 Å². The van der Waals surface area contributed by atoms with Crippen LogP contribution in [0, 0.1) is 6.92 Å². The molecule has 0 saturated carbocycles. The van der Waals surface area contributed by atoms with Crippen molar-refractivity contribution in [2.75, 3.05) is 13.1 Å². The third-order valence-corrected chi connectivity index (χ3v) is 6.76. The highest BCUT2D eigenvalue weighted by Crippen LogP contribution is 2.21. The zero-order valence-electron chi connectivity index (χ0n) is 15.6. The Morgan fingerprint density at radius 2 is 1.52 bits per heavy atom. The predicted octanol–water partition coefficient (Wildman–Crippen LogP) is 3.03. The molecule has 1 fully saturated rings. The Hall–Kier alpha value is -2.18. The number of sulfonamides is 1. The summed E-state index contributed by atoms with van der Waals surface area (Å²) < 4.78 is 26.9. The fraction of sp³-hybridized carbons (Fsp3) is 0.381. The number of carbonyl (C=O) groups excluding carboxylic acids is 1. The first kappa shape index (κ1) is 19.6. The molecule has 1 amide bonds. The van der Waals surface area contributed by atoms with Gasteiger partial charge in [0.1, 0.15) is 0 Å². The zero-order valence-corrected chi connectivity index (χ0v) is 16.5. The Balaban J connectivity index is 1.56. The van der Waals surface area contributed by atoms with Crippen LogP contribution in [0.4, 0.5) is 0 Å². The quantitative estimate of drug-likeness (QED) is 0.830. The van der Waals surface area contributed by atoms with Gasteiger partial charge < -0.3 is 5.32 Å². The maximum absolute atomic E-state index is 12.7. The second-order valence-corrected chi connectivity index (χ2v) is 8.99. The molecule has 0 spiro atoms. The van der Waals surface area contributed by atoms with Crippen molar-refractivity contribution in [1.82, 2.24) is 9.62 Å². The summed E-state index contributed by atoms with van der Waals surface area (Å²) in [5, 5.41) is 2.90. The molecule has 2 aromatic carbocycles. The van der Waals surface area contributed by atoms with E-state index in [0.717, 1.165) is 30.4 Å². The fourth-order valence-corrected chi connectivity index (χ4v) is 4.71. The number of carbonyl (C=O) groups is 1. The summed E-state index contributed by atoms with van der Waals surface area (Å²) >= 11 is 0. The predicted molar refractivity (Wildman–Crippen MR) is 106 cm³/mol. The Kier molecular flexibility index (Phi) is 6.29. The number of hydrogen-bond acceptors (Lipinski definition) is 3. The largest absolute Gasteiger partial charge is 0.352 e. The van der Waals surface area contributed by atoms with E-state index in [1.54, 1.807) is 28.6 Å². The van der Waals surface area contributed by atoms with Crippen molar-refractivity contribution in [3.63, 3.8) is 0 Å². The van der Waals surface area contributed by atoms with E-state index in [0.29, 0.717) is 24.5 Å². The highest BCUT2D eigenvalue weighted by atomic mass is 32.2. The average Bonchev–Trinajstić information content (AvgIpc) is 2.69. The van der Waals surface area contributed by atoms with Gasteiger partial charge in [-0.25, -0.2) is 8.42 Å². The van der Waals surface area contributed by atoms with Gasteiger partial charge in [-0.1, -0.05) is 48.4 Å². The number of hydrogen-bond donors (Lipinski definition) is 1. The van der Waals surface area contributed by atoms with E-state index >= 15 is 0 Å². The molecule has 144 valence electrons. The van der Waals surface area contributed by atoms with Crippen molar-refractivity contribution in [2.24, 2.45) is 0 Å². The smallest absolute Gasteiger partial charge is 0.243 e. The van der Waals surface area contributed by atoms with Crippen LogP contribution in [0.3, 0.4) is 0 Å². The van der Waals surface area contributed by atoms with Crippen LogP contribution in [0.5, 0.6) is 0 Å². The van der Waals surface area contributed by atoms with Crippen LogP contribution < -0.4 is 5.32 Å². The molecule has 1 aliphatic heterocycles. The van der Waals surface area contributed by atoms with Gasteiger partial charge in [0, 0.05) is 19.6 Å². The molecule has 3 rings (SSSR count). The van der Waals surface area contributed by atoms with Crippen LogP contribution in [0.25, 0.3) is 0 Å². The van der Waals surface area contributed by atoms with Crippen LogP contribution >= 0.6 is 0 Å². The van der Waals surface area contributed by atoms with E-state index in [-0.39, 0.29) is 12.3 Å². The summed E-state index contributed by atoms with van der Waals surface area (Å²) in [5.41, 5.74) is 3.04. The van der Waals surface area contributed by atoms with Crippen LogP contribution in [0.1, 0.15) is 36.0 Å². The molecule has 1 saturated heterocycles. The summed E-state index contributed by atoms with van der Waals surface area (Å²) in [7, 11) is -3.42. The standard InChI is InChI=1S/C21H26N2O3S/c1-17-5-7-19(8-6-17)16-22-21(24)15-18-9-11-20(12-10-18)27(25,26)23-13-3-2-4-14-23/h5-12H,2-4,13-16H2,1H3,(H,22,24). The molecule has 0 aromatic heterocycles. The number of nitrogens with zero attached hydrogens (tertiary/aromatic N) is 1. The van der Waals surface area contributed by atoms with Gasteiger partial charge in [0.25, 0.3) is 0 Å². The third kappa shape index (κ3) is 5.17. The molecule has 2 aromatic rings. The monoisotopic (exact) mass is 386 g/mol. The van der Waals surface area contributed by atoms with E-state index in [4.69, 9.17) is 0 Å². The van der Waals surface area contributed by atoms with Gasteiger partial charge in [-0.3, -0.25) is 4.79 Å². The maximum Gasteiger partial charge on any atom is 0.243 e. The topological polar surface area (TPSA) is 66.5 Å². The molecular formula is C21H26N2O3S. The lowest BCUT2D eigenvalue weighted by Crippen LogP contribution is -2.35. The average molecular weight is 387 g/mol. The van der Waals surface area contributed by atoms with Crippen molar-refractivity contribution < 1.29 is 13.2 Å². The molecule has 27 heavy (non-hydrogen) atoms. The van der Waals surface area contributed by atoms with E-state index in [1.165, 1.54) is 5.56 Å². The fourth-order valence-electron chi connectivity index (χ4n) is 3.19. The molecule has 0 radical (unpaired) electrons. The molecule has 1 heterocycles. The van der Waals surface area contributed by atoms with Crippen molar-refractivity contribution in [3.05, 3.63) is 65.2 Å². The van der Waals surface area contributed by atoms with Crippen molar-refractivity contribution >= 4 is 15.9 Å². The van der Waals surface area contributed by atoms with Crippen molar-refractivity contribution in [3.8, 4) is 0 Å². The van der Waals surface area contributed by atoms with E-state index in [9.17, 15) is 13.2 Å². The SMILES string of the molecule is Cc1ccc(CNC(=O)Cc2ccc(S(=O)(=O)N3CCCCC3)cc2)cc1. The van der Waals surface area contributed by atoms with Crippen LogP contribution in [-0.2, 0) is 27.8 Å². The van der Waals surface area contributed by atoms with Gasteiger partial charge in [0.15, 0.2) is 0 Å². The summed E-state index contributed by atoms with van der Waals surface area (Å²) in [4.78, 5) is 12.4. The molecule has 0 atom stereocenters. The third-order valence-electron chi connectivity index (χ3n) is 4.85. The summed E-state index contributed by atoms with van der Waals surface area (Å²) in [5.74, 6) is -0.0813. The summed E-state index contributed by atoms with van der Waals surface area (Å²) in [6, 6.07) is 14.7. The van der Waals surface area contributed by atoms with Gasteiger partial charge in [0.05, 0.1) is 11.3 Å².